The number of carboxylic acids is 1. The van der Waals surface area contributed by atoms with Crippen molar-refractivity contribution in [2.45, 2.75) is 26.0 Å². The highest BCUT2D eigenvalue weighted by molar-refractivity contribution is 7.18. The summed E-state index contributed by atoms with van der Waals surface area (Å²) >= 11 is 1.48. The summed E-state index contributed by atoms with van der Waals surface area (Å²) in [6.07, 6.45) is 4.92. The molecule has 0 radical (unpaired) electrons. The fraction of sp³-hybridized carbons (Fsp3) is 0.438. The lowest BCUT2D eigenvalue weighted by Crippen LogP contribution is -2.64. The van der Waals surface area contributed by atoms with E-state index >= 15 is 0 Å². The molecular formula is C16H17N3O4S. The number of carbonyl (C=O) groups is 2. The number of β-lactam (4-membered cyclic amide) rings is 1. The predicted molar refractivity (Wildman–Crippen MR) is 83.3 cm³/mol. The van der Waals surface area contributed by atoms with E-state index in [-0.39, 0.29) is 23.6 Å². The van der Waals surface area contributed by atoms with Crippen LogP contribution in [0.3, 0.4) is 0 Å². The fourth-order valence-electron chi connectivity index (χ4n) is 3.98. The molecule has 4 heterocycles. The number of imidazole rings is 1. The number of hydrogen-bond acceptors (Lipinski definition) is 5. The second-order valence-corrected chi connectivity index (χ2v) is 7.62. The van der Waals surface area contributed by atoms with E-state index in [0.717, 1.165) is 9.71 Å². The number of carbonyl (C=O) groups excluding carboxylic acids is 2. The van der Waals surface area contributed by atoms with Gasteiger partial charge in [-0.15, -0.1) is 0 Å². The Morgan fingerprint density at radius 2 is 2.21 bits per heavy atom. The quantitative estimate of drug-likeness (QED) is 0.578. The third kappa shape index (κ3) is 1.83. The number of aliphatic carboxylic acids is 1. The Bertz CT molecular complexity index is 878. The molecule has 8 heteroatoms. The number of thiazole rings is 1. The topological polar surface area (TPSA) is 89.0 Å². The molecular weight excluding hydrogens is 330 g/mol. The molecule has 0 aliphatic carbocycles. The molecule has 7 nitrogen and oxygen atoms in total. The SMILES string of the molecule is C[C@@H](O)[C@H]1C(=O)N2C(C(=O)[O-])=C(c3cn4c[n+](C)cc4s3)[C@H](C)[C@H]12. The van der Waals surface area contributed by atoms with Crippen molar-refractivity contribution in [3.8, 4) is 0 Å². The normalized spacial score (nSPS) is 27.6. The van der Waals surface area contributed by atoms with E-state index in [1.807, 2.05) is 41.7 Å². The molecule has 0 saturated carbocycles. The summed E-state index contributed by atoms with van der Waals surface area (Å²) in [6, 6.07) is -0.321. The number of nitrogens with zero attached hydrogens (tertiary/aromatic N) is 3. The second kappa shape index (κ2) is 4.90. The molecule has 2 aromatic rings. The third-order valence-electron chi connectivity index (χ3n) is 4.98. The first-order valence-electron chi connectivity index (χ1n) is 7.75. The van der Waals surface area contributed by atoms with Crippen molar-refractivity contribution in [2.24, 2.45) is 18.9 Å². The molecule has 24 heavy (non-hydrogen) atoms. The highest BCUT2D eigenvalue weighted by atomic mass is 32.1. The van der Waals surface area contributed by atoms with Crippen molar-refractivity contribution < 1.29 is 24.4 Å². The highest BCUT2D eigenvalue weighted by Gasteiger charge is 2.59. The van der Waals surface area contributed by atoms with Crippen molar-refractivity contribution in [2.75, 3.05) is 0 Å². The minimum absolute atomic E-state index is 0.0525. The van der Waals surface area contributed by atoms with Crippen molar-refractivity contribution in [3.63, 3.8) is 0 Å². The van der Waals surface area contributed by atoms with Crippen molar-refractivity contribution in [1.82, 2.24) is 9.30 Å². The number of aliphatic hydroxyl groups is 1. The van der Waals surface area contributed by atoms with Crippen LogP contribution in [0.4, 0.5) is 0 Å². The number of hydrogen-bond donors (Lipinski definition) is 1. The smallest absolute Gasteiger partial charge is 0.249 e. The second-order valence-electron chi connectivity index (χ2n) is 6.55. The van der Waals surface area contributed by atoms with E-state index in [1.165, 1.54) is 16.2 Å². The maximum absolute atomic E-state index is 12.3. The molecule has 0 bridgehead atoms. The summed E-state index contributed by atoms with van der Waals surface area (Å²) in [5, 5.41) is 21.6. The molecule has 0 spiro atoms. The zero-order valence-electron chi connectivity index (χ0n) is 13.5. The first kappa shape index (κ1) is 15.3. The van der Waals surface area contributed by atoms with Crippen LogP contribution < -0.4 is 9.67 Å². The summed E-state index contributed by atoms with van der Waals surface area (Å²) in [4.78, 5) is 27.1. The molecule has 2 aliphatic rings. The first-order valence-corrected chi connectivity index (χ1v) is 8.56. The minimum Gasteiger partial charge on any atom is -0.543 e. The van der Waals surface area contributed by atoms with Crippen molar-refractivity contribution in [1.29, 1.82) is 0 Å². The maximum atomic E-state index is 12.3. The predicted octanol–water partition coefficient (Wildman–Crippen LogP) is -0.856. The van der Waals surface area contributed by atoms with Gasteiger partial charge in [0.2, 0.25) is 17.1 Å². The van der Waals surface area contributed by atoms with Crippen LogP contribution >= 0.6 is 11.3 Å². The van der Waals surface area contributed by atoms with Crippen LogP contribution in [-0.4, -0.2) is 38.4 Å². The van der Waals surface area contributed by atoms with Gasteiger partial charge >= 0.3 is 0 Å². The Hall–Kier alpha value is -2.19. The van der Waals surface area contributed by atoms with Gasteiger partial charge in [0, 0.05) is 11.5 Å². The van der Waals surface area contributed by atoms with Gasteiger partial charge in [0.05, 0.1) is 41.7 Å². The maximum Gasteiger partial charge on any atom is 0.249 e. The molecule has 4 atom stereocenters. The zero-order chi connectivity index (χ0) is 17.3. The summed E-state index contributed by atoms with van der Waals surface area (Å²) in [5.74, 6) is -2.42. The van der Waals surface area contributed by atoms with Crippen molar-refractivity contribution in [3.05, 3.63) is 29.3 Å². The lowest BCUT2D eigenvalue weighted by Gasteiger charge is -2.47. The number of carboxylic acid groups (broad SMARTS) is 1. The lowest BCUT2D eigenvalue weighted by atomic mass is 9.77. The fourth-order valence-corrected chi connectivity index (χ4v) is 5.18. The number of rotatable bonds is 3. The number of aliphatic hydroxyl groups excluding tert-OH is 1. The van der Waals surface area contributed by atoms with Crippen molar-refractivity contribution >= 4 is 33.6 Å². The molecule has 0 aromatic carbocycles. The first-order chi connectivity index (χ1) is 11.3. The molecule has 0 unspecified atom stereocenters. The number of aryl methyl sites for hydroxylation is 1. The van der Waals surface area contributed by atoms with Gasteiger partial charge in [0.15, 0.2) is 0 Å². The molecule has 1 N–H and O–H groups in total. The van der Waals surface area contributed by atoms with E-state index < -0.39 is 18.0 Å². The molecule has 4 rings (SSSR count). The van der Waals surface area contributed by atoms with Crippen LogP contribution in [0.15, 0.2) is 24.4 Å². The van der Waals surface area contributed by atoms with Crippen LogP contribution in [-0.2, 0) is 16.6 Å². The average Bonchev–Trinajstić information content (AvgIpc) is 3.06. The van der Waals surface area contributed by atoms with Crippen LogP contribution in [0, 0.1) is 11.8 Å². The molecule has 1 fully saturated rings. The Balaban J connectivity index is 1.84. The highest BCUT2D eigenvalue weighted by Crippen LogP contribution is 2.51. The van der Waals surface area contributed by atoms with E-state index in [1.54, 1.807) is 6.92 Å². The summed E-state index contributed by atoms with van der Waals surface area (Å²) < 4.78 is 3.85. The zero-order valence-corrected chi connectivity index (χ0v) is 14.3. The van der Waals surface area contributed by atoms with Gasteiger partial charge in [-0.3, -0.25) is 4.79 Å². The molecule has 2 aliphatic heterocycles. The lowest BCUT2D eigenvalue weighted by molar-refractivity contribution is -0.669. The summed E-state index contributed by atoms with van der Waals surface area (Å²) in [7, 11) is 1.92. The Morgan fingerprint density at radius 1 is 1.50 bits per heavy atom. The summed E-state index contributed by atoms with van der Waals surface area (Å²) in [5.41, 5.74) is 0.566. The molecule has 1 amide bonds. The van der Waals surface area contributed by atoms with Gasteiger partial charge in [-0.1, -0.05) is 18.3 Å². The van der Waals surface area contributed by atoms with E-state index in [4.69, 9.17) is 0 Å². The molecule has 126 valence electrons. The van der Waals surface area contributed by atoms with Crippen LogP contribution in [0.1, 0.15) is 18.7 Å². The standard InChI is InChI=1S/C16H17N3O4S/c1-7-11(9-4-18-6-17(3)5-10(18)24-9)14(16(22)23)19-13(7)12(8(2)20)15(19)21/h4-8,12-13,20H,1-3H3/t7-,8+,12+,13+/m0/s1. The third-order valence-corrected chi connectivity index (χ3v) is 6.05. The van der Waals surface area contributed by atoms with E-state index in [0.29, 0.717) is 5.57 Å². The van der Waals surface area contributed by atoms with Crippen LogP contribution in [0.2, 0.25) is 0 Å². The number of amides is 1. The van der Waals surface area contributed by atoms with E-state index in [2.05, 4.69) is 0 Å². The van der Waals surface area contributed by atoms with Gasteiger partial charge in [-0.25, -0.2) is 4.57 Å². The number of fused-ring (bicyclic) bond motifs is 2. The Morgan fingerprint density at radius 3 is 2.79 bits per heavy atom. The molecule has 2 aromatic heterocycles. The molecule has 1 saturated heterocycles. The van der Waals surface area contributed by atoms with Gasteiger partial charge in [0.25, 0.3) is 0 Å². The van der Waals surface area contributed by atoms with Crippen LogP contribution in [0.25, 0.3) is 10.4 Å². The Kier molecular flexibility index (Phi) is 3.14. The van der Waals surface area contributed by atoms with Gasteiger partial charge in [-0.05, 0) is 6.92 Å². The number of aromatic nitrogens is 2. The summed E-state index contributed by atoms with van der Waals surface area (Å²) in [6.45, 7) is 3.47. The van der Waals surface area contributed by atoms with Gasteiger partial charge < -0.3 is 19.9 Å². The Labute approximate surface area is 142 Å². The largest absolute Gasteiger partial charge is 0.543 e. The monoisotopic (exact) mass is 347 g/mol. The average molecular weight is 347 g/mol. The van der Waals surface area contributed by atoms with Crippen LogP contribution in [0.5, 0.6) is 0 Å². The van der Waals surface area contributed by atoms with E-state index in [9.17, 15) is 19.8 Å². The van der Waals surface area contributed by atoms with Gasteiger partial charge in [-0.2, -0.15) is 4.40 Å². The van der Waals surface area contributed by atoms with Gasteiger partial charge in [0.1, 0.15) is 12.4 Å². The minimum atomic E-state index is -1.35.